The molecule has 1 heterocycles. The van der Waals surface area contributed by atoms with Crippen LogP contribution in [0.1, 0.15) is 38.1 Å². The molecule has 0 bridgehead atoms. The number of amides is 1. The number of carbonyl (C=O) groups excluding carboxylic acids is 1. The molecule has 3 nitrogen and oxygen atoms in total. The third-order valence-corrected chi connectivity index (χ3v) is 3.69. The van der Waals surface area contributed by atoms with Crippen molar-refractivity contribution in [1.82, 2.24) is 5.32 Å². The molecule has 1 aromatic heterocycles. The number of hydrogen-bond acceptors (Lipinski definition) is 3. The Labute approximate surface area is 106 Å². The zero-order chi connectivity index (χ0) is 12.8. The molecule has 0 aliphatic carbocycles. The Balaban J connectivity index is 2.70. The highest BCUT2D eigenvalue weighted by Gasteiger charge is 2.24. The molecule has 92 valence electrons. The Morgan fingerprint density at radius 1 is 1.59 bits per heavy atom. The minimum atomic E-state index is -0.566. The highest BCUT2D eigenvalue weighted by Crippen LogP contribution is 2.22. The van der Waals surface area contributed by atoms with Crippen molar-refractivity contribution in [2.45, 2.75) is 33.2 Å². The number of carbonyl (C=O) groups is 1. The van der Waals surface area contributed by atoms with Crippen molar-refractivity contribution in [1.29, 1.82) is 5.26 Å². The first-order valence-electron chi connectivity index (χ1n) is 5.83. The van der Waals surface area contributed by atoms with Gasteiger partial charge >= 0.3 is 0 Å². The Kier molecular flexibility index (Phi) is 5.17. The zero-order valence-corrected chi connectivity index (χ0v) is 11.3. The summed E-state index contributed by atoms with van der Waals surface area (Å²) in [6.45, 7) is 5.81. The zero-order valence-electron chi connectivity index (χ0n) is 10.4. The lowest BCUT2D eigenvalue weighted by Gasteiger charge is -2.19. The lowest BCUT2D eigenvalue weighted by molar-refractivity contribution is -0.125. The summed E-state index contributed by atoms with van der Waals surface area (Å²) in [7, 11) is 0. The maximum absolute atomic E-state index is 12.0. The van der Waals surface area contributed by atoms with Crippen molar-refractivity contribution >= 4 is 17.2 Å². The normalized spacial score (nSPS) is 14.1. The van der Waals surface area contributed by atoms with Gasteiger partial charge in [0, 0.05) is 4.88 Å². The number of thiophene rings is 1. The first-order chi connectivity index (χ1) is 8.10. The van der Waals surface area contributed by atoms with E-state index in [4.69, 9.17) is 5.26 Å². The molecule has 0 fully saturated rings. The van der Waals surface area contributed by atoms with Crippen LogP contribution in [-0.2, 0) is 4.79 Å². The maximum Gasteiger partial charge on any atom is 0.238 e. The van der Waals surface area contributed by atoms with Gasteiger partial charge in [-0.15, -0.1) is 11.3 Å². The summed E-state index contributed by atoms with van der Waals surface area (Å²) in [6, 6.07) is 6.07. The van der Waals surface area contributed by atoms with E-state index < -0.39 is 5.92 Å². The van der Waals surface area contributed by atoms with Crippen LogP contribution in [0.5, 0.6) is 0 Å². The summed E-state index contributed by atoms with van der Waals surface area (Å²) in [5.74, 6) is -0.687. The van der Waals surface area contributed by atoms with E-state index in [2.05, 4.69) is 11.4 Å². The standard InChI is InChI=1S/C13H18N2OS/c1-4-11(12-6-5-7-17-12)15-13(16)10(8-14)9(2)3/h5-7,9-11H,4H2,1-3H3,(H,15,16). The summed E-state index contributed by atoms with van der Waals surface area (Å²) >= 11 is 1.63. The van der Waals surface area contributed by atoms with E-state index in [1.807, 2.05) is 38.3 Å². The first-order valence-corrected chi connectivity index (χ1v) is 6.71. The van der Waals surface area contributed by atoms with Crippen LogP contribution in [0.2, 0.25) is 0 Å². The van der Waals surface area contributed by atoms with Crippen LogP contribution in [0.4, 0.5) is 0 Å². The van der Waals surface area contributed by atoms with Gasteiger partial charge in [0.25, 0.3) is 0 Å². The van der Waals surface area contributed by atoms with Crippen LogP contribution in [0.25, 0.3) is 0 Å². The molecule has 0 aromatic carbocycles. The summed E-state index contributed by atoms with van der Waals surface area (Å²) in [5, 5.41) is 13.9. The molecular formula is C13H18N2OS. The predicted octanol–water partition coefficient (Wildman–Crippen LogP) is 3.11. The lowest BCUT2D eigenvalue weighted by Crippen LogP contribution is -2.35. The Morgan fingerprint density at radius 3 is 2.71 bits per heavy atom. The topological polar surface area (TPSA) is 52.9 Å². The number of nitrogens with zero attached hydrogens (tertiary/aromatic N) is 1. The fraction of sp³-hybridized carbons (Fsp3) is 0.538. The van der Waals surface area contributed by atoms with E-state index in [1.165, 1.54) is 0 Å². The number of nitrogens with one attached hydrogen (secondary N) is 1. The maximum atomic E-state index is 12.0. The van der Waals surface area contributed by atoms with E-state index in [9.17, 15) is 4.79 Å². The van der Waals surface area contributed by atoms with Gasteiger partial charge in [-0.1, -0.05) is 26.8 Å². The Morgan fingerprint density at radius 2 is 2.29 bits per heavy atom. The SMILES string of the molecule is CCC(NC(=O)C(C#N)C(C)C)c1cccs1. The van der Waals surface area contributed by atoms with Crippen LogP contribution in [0, 0.1) is 23.2 Å². The predicted molar refractivity (Wildman–Crippen MR) is 69.4 cm³/mol. The van der Waals surface area contributed by atoms with Gasteiger partial charge in [0.2, 0.25) is 5.91 Å². The molecule has 1 aromatic rings. The molecule has 1 N–H and O–H groups in total. The van der Waals surface area contributed by atoms with Crippen molar-refractivity contribution in [2.24, 2.45) is 11.8 Å². The molecule has 4 heteroatoms. The van der Waals surface area contributed by atoms with Crippen LogP contribution in [-0.4, -0.2) is 5.91 Å². The smallest absolute Gasteiger partial charge is 0.238 e. The summed E-state index contributed by atoms with van der Waals surface area (Å²) in [5.41, 5.74) is 0. The van der Waals surface area contributed by atoms with Crippen LogP contribution < -0.4 is 5.32 Å². The fourth-order valence-corrected chi connectivity index (χ4v) is 2.50. The van der Waals surface area contributed by atoms with Gasteiger partial charge in [0.15, 0.2) is 0 Å². The molecule has 0 spiro atoms. The number of rotatable bonds is 5. The quantitative estimate of drug-likeness (QED) is 0.873. The molecule has 2 unspecified atom stereocenters. The van der Waals surface area contributed by atoms with Crippen molar-refractivity contribution in [3.8, 4) is 6.07 Å². The second-order valence-corrected chi connectivity index (χ2v) is 5.31. The van der Waals surface area contributed by atoms with E-state index in [-0.39, 0.29) is 17.9 Å². The monoisotopic (exact) mass is 250 g/mol. The average Bonchev–Trinajstić information content (AvgIpc) is 2.79. The molecule has 0 aliphatic heterocycles. The molecule has 2 atom stereocenters. The fourth-order valence-electron chi connectivity index (χ4n) is 1.64. The van der Waals surface area contributed by atoms with Gasteiger partial charge in [-0.05, 0) is 23.8 Å². The number of hydrogen-bond donors (Lipinski definition) is 1. The molecule has 0 saturated heterocycles. The second kappa shape index (κ2) is 6.41. The van der Waals surface area contributed by atoms with Gasteiger partial charge < -0.3 is 5.32 Å². The van der Waals surface area contributed by atoms with Gasteiger partial charge in [0.05, 0.1) is 12.1 Å². The van der Waals surface area contributed by atoms with Gasteiger partial charge in [0.1, 0.15) is 5.92 Å². The second-order valence-electron chi connectivity index (χ2n) is 4.34. The van der Waals surface area contributed by atoms with Crippen molar-refractivity contribution < 1.29 is 4.79 Å². The number of nitriles is 1. The van der Waals surface area contributed by atoms with Crippen molar-refractivity contribution in [3.05, 3.63) is 22.4 Å². The van der Waals surface area contributed by atoms with E-state index in [1.54, 1.807) is 11.3 Å². The molecule has 0 aliphatic rings. The molecule has 1 rings (SSSR count). The van der Waals surface area contributed by atoms with Crippen molar-refractivity contribution in [2.75, 3.05) is 0 Å². The Bertz CT molecular complexity index is 392. The van der Waals surface area contributed by atoms with Crippen LogP contribution in [0.3, 0.4) is 0 Å². The first kappa shape index (κ1) is 13.7. The molecule has 1 amide bonds. The third kappa shape index (κ3) is 3.57. The van der Waals surface area contributed by atoms with Crippen LogP contribution in [0.15, 0.2) is 17.5 Å². The average molecular weight is 250 g/mol. The molecule has 17 heavy (non-hydrogen) atoms. The van der Waals surface area contributed by atoms with E-state index in [0.29, 0.717) is 0 Å². The van der Waals surface area contributed by atoms with Crippen LogP contribution >= 0.6 is 11.3 Å². The molecule has 0 saturated carbocycles. The van der Waals surface area contributed by atoms with Gasteiger partial charge in [-0.2, -0.15) is 5.26 Å². The highest BCUT2D eigenvalue weighted by atomic mass is 32.1. The lowest BCUT2D eigenvalue weighted by atomic mass is 9.96. The summed E-state index contributed by atoms with van der Waals surface area (Å²) in [6.07, 6.45) is 0.836. The summed E-state index contributed by atoms with van der Waals surface area (Å²) < 4.78 is 0. The summed E-state index contributed by atoms with van der Waals surface area (Å²) in [4.78, 5) is 13.1. The largest absolute Gasteiger partial charge is 0.347 e. The minimum Gasteiger partial charge on any atom is -0.347 e. The van der Waals surface area contributed by atoms with E-state index in [0.717, 1.165) is 11.3 Å². The van der Waals surface area contributed by atoms with Crippen molar-refractivity contribution in [3.63, 3.8) is 0 Å². The van der Waals surface area contributed by atoms with Gasteiger partial charge in [-0.3, -0.25) is 4.79 Å². The molecular weight excluding hydrogens is 232 g/mol. The third-order valence-electron chi connectivity index (χ3n) is 2.70. The minimum absolute atomic E-state index is 0.0251. The highest BCUT2D eigenvalue weighted by molar-refractivity contribution is 7.10. The molecule has 0 radical (unpaired) electrons. The van der Waals surface area contributed by atoms with E-state index >= 15 is 0 Å². The Hall–Kier alpha value is -1.34. The van der Waals surface area contributed by atoms with Gasteiger partial charge in [-0.25, -0.2) is 0 Å².